The fourth-order valence-corrected chi connectivity index (χ4v) is 3.15. The number of aromatic amines is 1. The molecule has 0 aliphatic heterocycles. The van der Waals surface area contributed by atoms with Crippen molar-refractivity contribution in [3.8, 4) is 5.69 Å². The first kappa shape index (κ1) is 18.9. The molecule has 4 rings (SSSR count). The average Bonchev–Trinajstić information content (AvgIpc) is 3.14. The number of aromatic nitrogens is 4. The van der Waals surface area contributed by atoms with Gasteiger partial charge in [0.15, 0.2) is 5.65 Å². The van der Waals surface area contributed by atoms with E-state index in [2.05, 4.69) is 20.4 Å². The molecule has 0 spiro atoms. The summed E-state index contributed by atoms with van der Waals surface area (Å²) in [5, 5.41) is 8.07. The average molecular weight is 408 g/mol. The molecule has 29 heavy (non-hydrogen) atoms. The summed E-state index contributed by atoms with van der Waals surface area (Å²) in [6, 6.07) is 14.8. The molecule has 4 aromatic rings. The van der Waals surface area contributed by atoms with Crippen LogP contribution in [0.3, 0.4) is 0 Å². The van der Waals surface area contributed by atoms with Crippen LogP contribution in [0.5, 0.6) is 0 Å². The number of aryl methyl sites for hydroxylation is 2. The van der Waals surface area contributed by atoms with Crippen LogP contribution in [0, 0.1) is 6.92 Å². The SMILES string of the molecule is Cc1ccc(NC(=O)CCc2nc3c(cnn3-c3ccccc3)c(=O)[nH]2)cc1Cl. The van der Waals surface area contributed by atoms with Gasteiger partial charge in [-0.2, -0.15) is 5.10 Å². The molecular weight excluding hydrogens is 390 g/mol. The summed E-state index contributed by atoms with van der Waals surface area (Å²) >= 11 is 6.09. The zero-order valence-corrected chi connectivity index (χ0v) is 16.4. The second-order valence-electron chi connectivity index (χ2n) is 6.65. The minimum absolute atomic E-state index is 0.166. The smallest absolute Gasteiger partial charge is 0.262 e. The Morgan fingerprint density at radius 1 is 1.21 bits per heavy atom. The lowest BCUT2D eigenvalue weighted by Gasteiger charge is -2.07. The maximum absolute atomic E-state index is 12.4. The van der Waals surface area contributed by atoms with E-state index in [-0.39, 0.29) is 24.3 Å². The number of nitrogens with one attached hydrogen (secondary N) is 2. The van der Waals surface area contributed by atoms with Crippen molar-refractivity contribution in [3.63, 3.8) is 0 Å². The summed E-state index contributed by atoms with van der Waals surface area (Å²) in [5.74, 6) is 0.238. The molecule has 2 aromatic carbocycles. The zero-order chi connectivity index (χ0) is 20.4. The predicted molar refractivity (Wildman–Crippen MR) is 113 cm³/mol. The van der Waals surface area contributed by atoms with Gasteiger partial charge in [-0.3, -0.25) is 9.59 Å². The minimum atomic E-state index is -0.280. The van der Waals surface area contributed by atoms with E-state index in [1.807, 2.05) is 43.3 Å². The van der Waals surface area contributed by atoms with Crippen LogP contribution in [0.2, 0.25) is 5.02 Å². The molecule has 0 bridgehead atoms. The third-order valence-corrected chi connectivity index (χ3v) is 4.94. The number of H-pyrrole nitrogens is 1. The number of fused-ring (bicyclic) bond motifs is 1. The van der Waals surface area contributed by atoms with Gasteiger partial charge in [0.1, 0.15) is 11.2 Å². The van der Waals surface area contributed by atoms with Crippen LogP contribution >= 0.6 is 11.6 Å². The molecule has 146 valence electrons. The number of hydrogen-bond donors (Lipinski definition) is 2. The van der Waals surface area contributed by atoms with Gasteiger partial charge in [-0.15, -0.1) is 0 Å². The zero-order valence-electron chi connectivity index (χ0n) is 15.6. The number of anilines is 1. The number of benzene rings is 2. The van der Waals surface area contributed by atoms with E-state index in [0.29, 0.717) is 27.6 Å². The lowest BCUT2D eigenvalue weighted by atomic mass is 10.2. The number of amides is 1. The van der Waals surface area contributed by atoms with E-state index in [0.717, 1.165) is 11.3 Å². The number of carbonyl (C=O) groups excluding carboxylic acids is 1. The van der Waals surface area contributed by atoms with Crippen LogP contribution < -0.4 is 10.9 Å². The Morgan fingerprint density at radius 2 is 2.00 bits per heavy atom. The van der Waals surface area contributed by atoms with Crippen molar-refractivity contribution in [1.29, 1.82) is 0 Å². The van der Waals surface area contributed by atoms with E-state index < -0.39 is 0 Å². The predicted octanol–water partition coefficient (Wildman–Crippen LogP) is 3.64. The molecule has 0 saturated carbocycles. The van der Waals surface area contributed by atoms with Gasteiger partial charge < -0.3 is 10.3 Å². The highest BCUT2D eigenvalue weighted by Gasteiger charge is 2.12. The van der Waals surface area contributed by atoms with Crippen molar-refractivity contribution in [1.82, 2.24) is 19.7 Å². The Morgan fingerprint density at radius 3 is 2.76 bits per heavy atom. The maximum atomic E-state index is 12.4. The molecule has 7 nitrogen and oxygen atoms in total. The van der Waals surface area contributed by atoms with Crippen molar-refractivity contribution < 1.29 is 4.79 Å². The van der Waals surface area contributed by atoms with Crippen molar-refractivity contribution in [2.24, 2.45) is 0 Å². The van der Waals surface area contributed by atoms with Crippen molar-refractivity contribution in [2.75, 3.05) is 5.32 Å². The van der Waals surface area contributed by atoms with Gasteiger partial charge in [0.2, 0.25) is 5.91 Å². The van der Waals surface area contributed by atoms with Crippen LogP contribution in [0.4, 0.5) is 5.69 Å². The summed E-state index contributed by atoms with van der Waals surface area (Å²) < 4.78 is 1.61. The van der Waals surface area contributed by atoms with Crippen LogP contribution in [0.15, 0.2) is 59.5 Å². The molecule has 0 unspecified atom stereocenters. The molecule has 2 aromatic heterocycles. The minimum Gasteiger partial charge on any atom is -0.326 e. The molecule has 1 amide bonds. The van der Waals surface area contributed by atoms with Crippen molar-refractivity contribution >= 4 is 34.2 Å². The molecule has 0 atom stereocenters. The highest BCUT2D eigenvalue weighted by molar-refractivity contribution is 6.31. The number of rotatable bonds is 5. The second kappa shape index (κ2) is 7.89. The highest BCUT2D eigenvalue weighted by atomic mass is 35.5. The summed E-state index contributed by atoms with van der Waals surface area (Å²) in [4.78, 5) is 31.9. The standard InChI is InChI=1S/C21H18ClN5O2/c1-13-7-8-14(11-17(13)22)24-19(28)10-9-18-25-20-16(21(29)26-18)12-23-27(20)15-5-3-2-4-6-15/h2-8,11-12H,9-10H2,1H3,(H,24,28)(H,25,26,29). The lowest BCUT2D eigenvalue weighted by Crippen LogP contribution is -2.16. The van der Waals surface area contributed by atoms with Crippen LogP contribution in [0.1, 0.15) is 17.8 Å². The molecule has 8 heteroatoms. The number of carbonyl (C=O) groups is 1. The van der Waals surface area contributed by atoms with E-state index in [4.69, 9.17) is 11.6 Å². The van der Waals surface area contributed by atoms with Crippen molar-refractivity contribution in [2.45, 2.75) is 19.8 Å². The van der Waals surface area contributed by atoms with Gasteiger partial charge in [0.25, 0.3) is 5.56 Å². The van der Waals surface area contributed by atoms with Gasteiger partial charge >= 0.3 is 0 Å². The quantitative estimate of drug-likeness (QED) is 0.528. The Kier molecular flexibility index (Phi) is 5.14. The molecule has 0 saturated heterocycles. The van der Waals surface area contributed by atoms with Crippen LogP contribution in [-0.2, 0) is 11.2 Å². The molecule has 2 N–H and O–H groups in total. The molecule has 2 heterocycles. The monoisotopic (exact) mass is 407 g/mol. The Labute approximate surface area is 171 Å². The number of halogens is 1. The first-order chi connectivity index (χ1) is 14.0. The van der Waals surface area contributed by atoms with Crippen molar-refractivity contribution in [3.05, 3.63) is 81.5 Å². The molecular formula is C21H18ClN5O2. The number of hydrogen-bond acceptors (Lipinski definition) is 4. The van der Waals surface area contributed by atoms with E-state index in [9.17, 15) is 9.59 Å². The van der Waals surface area contributed by atoms with E-state index in [1.165, 1.54) is 6.20 Å². The first-order valence-electron chi connectivity index (χ1n) is 9.09. The number of nitrogens with zero attached hydrogens (tertiary/aromatic N) is 3. The molecule has 0 aliphatic carbocycles. The lowest BCUT2D eigenvalue weighted by molar-refractivity contribution is -0.116. The van der Waals surface area contributed by atoms with Crippen LogP contribution in [0.25, 0.3) is 16.7 Å². The third-order valence-electron chi connectivity index (χ3n) is 4.53. The molecule has 0 aliphatic rings. The van der Waals surface area contributed by atoms with Gasteiger partial charge in [-0.1, -0.05) is 35.9 Å². The number of para-hydroxylation sites is 1. The molecule has 0 fully saturated rings. The normalized spacial score (nSPS) is 11.0. The fourth-order valence-electron chi connectivity index (χ4n) is 2.97. The van der Waals surface area contributed by atoms with Gasteiger partial charge in [0, 0.05) is 23.6 Å². The largest absolute Gasteiger partial charge is 0.326 e. The fraction of sp³-hybridized carbons (Fsp3) is 0.143. The Hall–Kier alpha value is -3.45. The van der Waals surface area contributed by atoms with E-state index >= 15 is 0 Å². The van der Waals surface area contributed by atoms with E-state index in [1.54, 1.807) is 16.8 Å². The summed E-state index contributed by atoms with van der Waals surface area (Å²) in [7, 11) is 0. The maximum Gasteiger partial charge on any atom is 0.262 e. The summed E-state index contributed by atoms with van der Waals surface area (Å²) in [5.41, 5.74) is 2.55. The Balaban J connectivity index is 1.53. The first-order valence-corrected chi connectivity index (χ1v) is 9.47. The topological polar surface area (TPSA) is 92.7 Å². The second-order valence-corrected chi connectivity index (χ2v) is 7.06. The summed E-state index contributed by atoms with van der Waals surface area (Å²) in [6.45, 7) is 1.90. The van der Waals surface area contributed by atoms with Gasteiger partial charge in [-0.25, -0.2) is 9.67 Å². The third kappa shape index (κ3) is 4.05. The van der Waals surface area contributed by atoms with Crippen LogP contribution in [-0.4, -0.2) is 25.7 Å². The van der Waals surface area contributed by atoms with Gasteiger partial charge in [0.05, 0.1) is 11.9 Å². The summed E-state index contributed by atoms with van der Waals surface area (Å²) in [6.07, 6.45) is 1.95. The van der Waals surface area contributed by atoms with Gasteiger partial charge in [-0.05, 0) is 36.8 Å². The highest BCUT2D eigenvalue weighted by Crippen LogP contribution is 2.20. The Bertz CT molecular complexity index is 1250. The molecule has 0 radical (unpaired) electrons.